The number of aliphatic imine (C=N–C) groups is 1. The maximum atomic E-state index is 9.28. The van der Waals surface area contributed by atoms with E-state index < -0.39 is 0 Å². The number of methoxy groups -OCH3 is 1. The molecule has 2 aromatic carbocycles. The molecule has 0 aliphatic rings. The van der Waals surface area contributed by atoms with Gasteiger partial charge in [0.25, 0.3) is 0 Å². The zero-order valence-corrected chi connectivity index (χ0v) is 13.1. The third-order valence-electron chi connectivity index (χ3n) is 3.60. The topological polar surface area (TPSA) is 46.8 Å². The Morgan fingerprint density at radius 3 is 2.39 bits per heavy atom. The Kier molecular flexibility index (Phi) is 4.15. The zero-order chi connectivity index (χ0) is 16.2. The number of benzene rings is 2. The lowest BCUT2D eigenvalue weighted by Gasteiger charge is -2.06. The highest BCUT2D eigenvalue weighted by atomic mass is 16.5. The zero-order valence-electron chi connectivity index (χ0n) is 13.1. The van der Waals surface area contributed by atoms with E-state index in [1.54, 1.807) is 31.4 Å². The van der Waals surface area contributed by atoms with Crippen molar-refractivity contribution >= 4 is 11.9 Å². The molecule has 0 atom stereocenters. The summed E-state index contributed by atoms with van der Waals surface area (Å²) in [4.78, 5) is 4.42. The smallest absolute Gasteiger partial charge is 0.119 e. The molecule has 4 nitrogen and oxygen atoms in total. The molecular formula is C19H18N2O2. The van der Waals surface area contributed by atoms with Crippen LogP contribution in [0.25, 0.3) is 5.69 Å². The second kappa shape index (κ2) is 6.40. The van der Waals surface area contributed by atoms with E-state index in [2.05, 4.69) is 22.5 Å². The molecule has 0 aliphatic heterocycles. The van der Waals surface area contributed by atoms with E-state index in [4.69, 9.17) is 4.74 Å². The van der Waals surface area contributed by atoms with Gasteiger partial charge in [0.15, 0.2) is 0 Å². The number of aryl methyl sites for hydroxylation is 1. The standard InChI is InChI=1S/C19H18N2O2/c1-14-11-15(12-20-16-3-7-18(22)8-4-16)13-21(14)17-5-9-19(23-2)10-6-17/h3-13,22H,1-2H3. The van der Waals surface area contributed by atoms with Gasteiger partial charge in [-0.15, -0.1) is 0 Å². The van der Waals surface area contributed by atoms with Crippen LogP contribution in [0.1, 0.15) is 11.3 Å². The van der Waals surface area contributed by atoms with Crippen LogP contribution in [0.15, 0.2) is 65.8 Å². The summed E-state index contributed by atoms with van der Waals surface area (Å²) < 4.78 is 7.30. The van der Waals surface area contributed by atoms with E-state index in [1.807, 2.05) is 36.7 Å². The molecular weight excluding hydrogens is 288 g/mol. The molecule has 0 saturated heterocycles. The van der Waals surface area contributed by atoms with Gasteiger partial charge in [0.05, 0.1) is 12.8 Å². The van der Waals surface area contributed by atoms with Crippen LogP contribution in [0.5, 0.6) is 11.5 Å². The number of phenolic OH excluding ortho intramolecular Hbond substituents is 1. The molecule has 0 fully saturated rings. The second-order valence-corrected chi connectivity index (χ2v) is 5.26. The van der Waals surface area contributed by atoms with Crippen molar-refractivity contribution in [3.8, 4) is 17.2 Å². The van der Waals surface area contributed by atoms with E-state index in [0.717, 1.165) is 28.4 Å². The van der Waals surface area contributed by atoms with Crippen LogP contribution in [-0.2, 0) is 0 Å². The summed E-state index contributed by atoms with van der Waals surface area (Å²) in [5.41, 5.74) is 4.03. The van der Waals surface area contributed by atoms with Crippen molar-refractivity contribution < 1.29 is 9.84 Å². The number of ether oxygens (including phenoxy) is 1. The summed E-state index contributed by atoms with van der Waals surface area (Å²) >= 11 is 0. The Morgan fingerprint density at radius 2 is 1.74 bits per heavy atom. The molecule has 0 spiro atoms. The molecule has 0 radical (unpaired) electrons. The highest BCUT2D eigenvalue weighted by molar-refractivity contribution is 5.82. The van der Waals surface area contributed by atoms with Crippen molar-refractivity contribution in [1.82, 2.24) is 4.57 Å². The van der Waals surface area contributed by atoms with Crippen LogP contribution < -0.4 is 4.74 Å². The molecule has 1 heterocycles. The Morgan fingerprint density at radius 1 is 1.04 bits per heavy atom. The lowest BCUT2D eigenvalue weighted by atomic mass is 10.3. The van der Waals surface area contributed by atoms with Gasteiger partial charge in [0.1, 0.15) is 11.5 Å². The number of hydrogen-bond acceptors (Lipinski definition) is 3. The Hall–Kier alpha value is -3.01. The highest BCUT2D eigenvalue weighted by Gasteiger charge is 2.03. The van der Waals surface area contributed by atoms with Crippen molar-refractivity contribution in [3.05, 3.63) is 72.1 Å². The highest BCUT2D eigenvalue weighted by Crippen LogP contribution is 2.20. The maximum absolute atomic E-state index is 9.28. The fourth-order valence-corrected chi connectivity index (χ4v) is 2.38. The van der Waals surface area contributed by atoms with E-state index in [-0.39, 0.29) is 5.75 Å². The summed E-state index contributed by atoms with van der Waals surface area (Å²) in [5.74, 6) is 1.08. The van der Waals surface area contributed by atoms with E-state index in [1.165, 1.54) is 0 Å². The average molecular weight is 306 g/mol. The van der Waals surface area contributed by atoms with Crippen LogP contribution in [0, 0.1) is 6.92 Å². The number of nitrogens with zero attached hydrogens (tertiary/aromatic N) is 2. The minimum absolute atomic E-state index is 0.241. The maximum Gasteiger partial charge on any atom is 0.119 e. The molecule has 0 amide bonds. The van der Waals surface area contributed by atoms with Gasteiger partial charge in [0.2, 0.25) is 0 Å². The number of rotatable bonds is 4. The van der Waals surface area contributed by atoms with Crippen molar-refractivity contribution in [1.29, 1.82) is 0 Å². The fraction of sp³-hybridized carbons (Fsp3) is 0.105. The molecule has 0 aliphatic carbocycles. The predicted molar refractivity (Wildman–Crippen MR) is 92.4 cm³/mol. The molecule has 4 heteroatoms. The molecule has 23 heavy (non-hydrogen) atoms. The summed E-state index contributed by atoms with van der Waals surface area (Å²) in [7, 11) is 1.66. The molecule has 1 N–H and O–H groups in total. The summed E-state index contributed by atoms with van der Waals surface area (Å²) in [6.45, 7) is 2.06. The molecule has 0 saturated carbocycles. The van der Waals surface area contributed by atoms with Crippen molar-refractivity contribution in [2.45, 2.75) is 6.92 Å². The Balaban J connectivity index is 1.83. The van der Waals surface area contributed by atoms with Gasteiger partial charge in [-0.2, -0.15) is 0 Å². The van der Waals surface area contributed by atoms with Gasteiger partial charge < -0.3 is 14.4 Å². The summed E-state index contributed by atoms with van der Waals surface area (Å²) in [6.07, 6.45) is 3.86. The van der Waals surface area contributed by atoms with Gasteiger partial charge in [-0.05, 0) is 61.5 Å². The minimum atomic E-state index is 0.241. The second-order valence-electron chi connectivity index (χ2n) is 5.26. The van der Waals surface area contributed by atoms with Gasteiger partial charge in [-0.1, -0.05) is 0 Å². The molecule has 3 aromatic rings. The quantitative estimate of drug-likeness (QED) is 0.732. The number of phenols is 1. The van der Waals surface area contributed by atoms with Gasteiger partial charge in [0, 0.05) is 29.4 Å². The molecule has 116 valence electrons. The third-order valence-corrected chi connectivity index (χ3v) is 3.60. The van der Waals surface area contributed by atoms with Crippen LogP contribution in [0.4, 0.5) is 5.69 Å². The number of aromatic hydroxyl groups is 1. The average Bonchev–Trinajstić information content (AvgIpc) is 2.95. The van der Waals surface area contributed by atoms with Crippen molar-refractivity contribution in [2.75, 3.05) is 7.11 Å². The molecule has 0 unspecified atom stereocenters. The number of aromatic nitrogens is 1. The van der Waals surface area contributed by atoms with Crippen molar-refractivity contribution in [3.63, 3.8) is 0 Å². The van der Waals surface area contributed by atoms with Gasteiger partial charge in [-0.3, -0.25) is 4.99 Å². The molecule has 3 rings (SSSR count). The Bertz CT molecular complexity index is 816. The summed E-state index contributed by atoms with van der Waals surface area (Å²) in [5, 5.41) is 9.28. The van der Waals surface area contributed by atoms with E-state index >= 15 is 0 Å². The first kappa shape index (κ1) is 14.9. The minimum Gasteiger partial charge on any atom is -0.508 e. The van der Waals surface area contributed by atoms with E-state index in [9.17, 15) is 5.11 Å². The SMILES string of the molecule is COc1ccc(-n2cc(C=Nc3ccc(O)cc3)cc2C)cc1. The third kappa shape index (κ3) is 3.43. The normalized spacial score (nSPS) is 11.0. The first-order chi connectivity index (χ1) is 11.2. The first-order valence-corrected chi connectivity index (χ1v) is 7.32. The largest absolute Gasteiger partial charge is 0.508 e. The molecule has 0 bridgehead atoms. The van der Waals surface area contributed by atoms with Crippen LogP contribution >= 0.6 is 0 Å². The first-order valence-electron chi connectivity index (χ1n) is 7.32. The van der Waals surface area contributed by atoms with Crippen LogP contribution in [-0.4, -0.2) is 23.0 Å². The fourth-order valence-electron chi connectivity index (χ4n) is 2.38. The van der Waals surface area contributed by atoms with Gasteiger partial charge >= 0.3 is 0 Å². The van der Waals surface area contributed by atoms with Gasteiger partial charge in [-0.25, -0.2) is 0 Å². The number of hydrogen-bond donors (Lipinski definition) is 1. The van der Waals surface area contributed by atoms with E-state index in [0.29, 0.717) is 0 Å². The molecule has 1 aromatic heterocycles. The monoisotopic (exact) mass is 306 g/mol. The van der Waals surface area contributed by atoms with Crippen molar-refractivity contribution in [2.24, 2.45) is 4.99 Å². The lowest BCUT2D eigenvalue weighted by molar-refractivity contribution is 0.414. The summed E-state index contributed by atoms with van der Waals surface area (Å²) in [6, 6.07) is 16.8. The predicted octanol–water partition coefficient (Wildman–Crippen LogP) is 4.25. The van der Waals surface area contributed by atoms with Crippen LogP contribution in [0.3, 0.4) is 0 Å². The van der Waals surface area contributed by atoms with Crippen LogP contribution in [0.2, 0.25) is 0 Å². The lowest BCUT2D eigenvalue weighted by Crippen LogP contribution is -1.94. The Labute approximate surface area is 135 Å².